The smallest absolute Gasteiger partial charge is 0.240 e. The minimum atomic E-state index is -3.66. The van der Waals surface area contributed by atoms with Gasteiger partial charge in [-0.05, 0) is 36.8 Å². The second kappa shape index (κ2) is 8.45. The summed E-state index contributed by atoms with van der Waals surface area (Å²) in [5.41, 5.74) is 1.67. The van der Waals surface area contributed by atoms with Gasteiger partial charge in [-0.1, -0.05) is 23.7 Å². The summed E-state index contributed by atoms with van der Waals surface area (Å²) in [6.07, 6.45) is 1.72. The predicted molar refractivity (Wildman–Crippen MR) is 101 cm³/mol. The molecule has 1 aromatic heterocycles. The summed E-state index contributed by atoms with van der Waals surface area (Å²) in [6.45, 7) is 4.79. The van der Waals surface area contributed by atoms with Crippen LogP contribution in [0.2, 0.25) is 5.02 Å². The number of sulfonamides is 1. The molecule has 140 valence electrons. The number of morpholine rings is 1. The van der Waals surface area contributed by atoms with E-state index in [1.165, 1.54) is 6.07 Å². The van der Waals surface area contributed by atoms with Crippen LogP contribution >= 0.6 is 11.6 Å². The number of halogens is 1. The summed E-state index contributed by atoms with van der Waals surface area (Å²) in [7, 11) is -3.66. The third-order valence-electron chi connectivity index (χ3n) is 4.44. The Labute approximate surface area is 159 Å². The number of rotatable bonds is 6. The number of benzene rings is 1. The quantitative estimate of drug-likeness (QED) is 0.813. The van der Waals surface area contributed by atoms with Crippen LogP contribution < -0.4 is 4.72 Å². The molecule has 1 saturated heterocycles. The van der Waals surface area contributed by atoms with Crippen LogP contribution in [0.1, 0.15) is 17.3 Å². The van der Waals surface area contributed by atoms with Crippen LogP contribution in [0.4, 0.5) is 0 Å². The van der Waals surface area contributed by atoms with E-state index in [0.29, 0.717) is 18.2 Å². The molecule has 1 aliphatic rings. The number of hydrogen-bond donors (Lipinski definition) is 1. The van der Waals surface area contributed by atoms with Crippen LogP contribution in [-0.2, 0) is 14.8 Å². The van der Waals surface area contributed by atoms with Crippen molar-refractivity contribution < 1.29 is 13.2 Å². The van der Waals surface area contributed by atoms with Crippen LogP contribution in [0, 0.1) is 6.92 Å². The van der Waals surface area contributed by atoms with E-state index in [4.69, 9.17) is 16.3 Å². The Balaban J connectivity index is 1.79. The summed E-state index contributed by atoms with van der Waals surface area (Å²) in [5.74, 6) is 0. The Kier molecular flexibility index (Phi) is 6.26. The fourth-order valence-electron chi connectivity index (χ4n) is 2.90. The normalized spacial score (nSPS) is 17.2. The van der Waals surface area contributed by atoms with Crippen LogP contribution in [0.5, 0.6) is 0 Å². The molecule has 1 aliphatic heterocycles. The van der Waals surface area contributed by atoms with Gasteiger partial charge in [0.05, 0.1) is 29.8 Å². The van der Waals surface area contributed by atoms with Gasteiger partial charge < -0.3 is 4.74 Å². The molecule has 2 aromatic rings. The summed E-state index contributed by atoms with van der Waals surface area (Å²) in [4.78, 5) is 6.77. The molecule has 0 spiro atoms. The highest BCUT2D eigenvalue weighted by atomic mass is 35.5. The molecule has 6 nitrogen and oxygen atoms in total. The van der Waals surface area contributed by atoms with Crippen molar-refractivity contribution in [3.63, 3.8) is 0 Å². The average Bonchev–Trinajstić information content (AvgIpc) is 2.66. The van der Waals surface area contributed by atoms with Crippen molar-refractivity contribution in [3.8, 4) is 0 Å². The number of nitrogens with one attached hydrogen (secondary N) is 1. The minimum absolute atomic E-state index is 0.157. The van der Waals surface area contributed by atoms with Gasteiger partial charge in [-0.3, -0.25) is 9.88 Å². The first kappa shape index (κ1) is 19.3. The van der Waals surface area contributed by atoms with Crippen LogP contribution in [0.25, 0.3) is 0 Å². The van der Waals surface area contributed by atoms with Crippen LogP contribution in [0.3, 0.4) is 0 Å². The Morgan fingerprint density at radius 3 is 2.69 bits per heavy atom. The maximum atomic E-state index is 12.7. The van der Waals surface area contributed by atoms with Crippen molar-refractivity contribution in [2.24, 2.45) is 0 Å². The summed E-state index contributed by atoms with van der Waals surface area (Å²) < 4.78 is 33.5. The van der Waals surface area contributed by atoms with Crippen LogP contribution in [-0.4, -0.2) is 51.1 Å². The van der Waals surface area contributed by atoms with Crippen molar-refractivity contribution >= 4 is 21.6 Å². The standard InChI is InChI=1S/C18H22ClN3O3S/c1-14-5-6-15(12-16(14)19)26(23,24)21-13-18(17-4-2-3-7-20-17)22-8-10-25-11-9-22/h2-7,12,18,21H,8-11,13H2,1H3. The number of aromatic nitrogens is 1. The van der Waals surface area contributed by atoms with Gasteiger partial charge >= 0.3 is 0 Å². The van der Waals surface area contributed by atoms with Crippen molar-refractivity contribution in [3.05, 3.63) is 58.9 Å². The monoisotopic (exact) mass is 395 g/mol. The zero-order valence-corrected chi connectivity index (χ0v) is 16.1. The van der Waals surface area contributed by atoms with Gasteiger partial charge in [0.1, 0.15) is 0 Å². The molecule has 0 saturated carbocycles. The fraction of sp³-hybridized carbons (Fsp3) is 0.389. The molecule has 8 heteroatoms. The SMILES string of the molecule is Cc1ccc(S(=O)(=O)NCC(c2ccccn2)N2CCOCC2)cc1Cl. The van der Waals surface area contributed by atoms with E-state index in [1.807, 2.05) is 25.1 Å². The van der Waals surface area contributed by atoms with Crippen molar-refractivity contribution in [1.29, 1.82) is 0 Å². The Hall–Kier alpha value is -1.51. The number of nitrogens with zero attached hydrogens (tertiary/aromatic N) is 2. The molecule has 1 aromatic carbocycles. The van der Waals surface area contributed by atoms with Crippen molar-refractivity contribution in [1.82, 2.24) is 14.6 Å². The summed E-state index contributed by atoms with van der Waals surface area (Å²) in [5, 5.41) is 0.433. The number of hydrogen-bond acceptors (Lipinski definition) is 5. The fourth-order valence-corrected chi connectivity index (χ4v) is 4.21. The lowest BCUT2D eigenvalue weighted by Gasteiger charge is -2.34. The largest absolute Gasteiger partial charge is 0.379 e. The van der Waals surface area contributed by atoms with Gasteiger partial charge in [-0.25, -0.2) is 13.1 Å². The highest BCUT2D eigenvalue weighted by Crippen LogP contribution is 2.22. The predicted octanol–water partition coefficient (Wildman–Crippen LogP) is 2.40. The Morgan fingerprint density at radius 2 is 2.04 bits per heavy atom. The number of ether oxygens (including phenoxy) is 1. The van der Waals surface area contributed by atoms with Gasteiger partial charge in [0.2, 0.25) is 10.0 Å². The van der Waals surface area contributed by atoms with E-state index in [0.717, 1.165) is 24.3 Å². The van der Waals surface area contributed by atoms with Gasteiger partial charge in [-0.15, -0.1) is 0 Å². The van der Waals surface area contributed by atoms with E-state index < -0.39 is 10.0 Å². The molecule has 26 heavy (non-hydrogen) atoms. The molecule has 0 aliphatic carbocycles. The average molecular weight is 396 g/mol. The molecule has 1 fully saturated rings. The number of aryl methyl sites for hydroxylation is 1. The lowest BCUT2D eigenvalue weighted by Crippen LogP contribution is -2.44. The maximum absolute atomic E-state index is 12.7. The lowest BCUT2D eigenvalue weighted by atomic mass is 10.1. The van der Waals surface area contributed by atoms with E-state index in [1.54, 1.807) is 18.3 Å². The second-order valence-electron chi connectivity index (χ2n) is 6.18. The lowest BCUT2D eigenvalue weighted by molar-refractivity contribution is 0.0163. The molecule has 0 bridgehead atoms. The van der Waals surface area contributed by atoms with E-state index in [9.17, 15) is 8.42 Å². The maximum Gasteiger partial charge on any atom is 0.240 e. The van der Waals surface area contributed by atoms with Crippen molar-refractivity contribution in [2.45, 2.75) is 17.9 Å². The first-order valence-electron chi connectivity index (χ1n) is 8.46. The summed E-state index contributed by atoms with van der Waals surface area (Å²) in [6, 6.07) is 10.3. The highest BCUT2D eigenvalue weighted by molar-refractivity contribution is 7.89. The first-order valence-corrected chi connectivity index (χ1v) is 10.3. The van der Waals surface area contributed by atoms with Gasteiger partial charge in [0.15, 0.2) is 0 Å². The molecule has 3 rings (SSSR count). The molecular formula is C18H22ClN3O3S. The third kappa shape index (κ3) is 4.61. The Morgan fingerprint density at radius 1 is 1.27 bits per heavy atom. The van der Waals surface area contributed by atoms with Gasteiger partial charge in [-0.2, -0.15) is 0 Å². The zero-order chi connectivity index (χ0) is 18.6. The van der Waals surface area contributed by atoms with Gasteiger partial charge in [0.25, 0.3) is 0 Å². The molecular weight excluding hydrogens is 374 g/mol. The first-order chi connectivity index (χ1) is 12.5. The van der Waals surface area contributed by atoms with E-state index in [-0.39, 0.29) is 17.5 Å². The Bertz CT molecular complexity index is 840. The van der Waals surface area contributed by atoms with Crippen LogP contribution in [0.15, 0.2) is 47.5 Å². The molecule has 2 heterocycles. The highest BCUT2D eigenvalue weighted by Gasteiger charge is 2.26. The molecule has 1 unspecified atom stereocenters. The molecule has 0 radical (unpaired) electrons. The van der Waals surface area contributed by atoms with E-state index in [2.05, 4.69) is 14.6 Å². The van der Waals surface area contributed by atoms with Crippen molar-refractivity contribution in [2.75, 3.05) is 32.8 Å². The molecule has 1 atom stereocenters. The topological polar surface area (TPSA) is 71.5 Å². The minimum Gasteiger partial charge on any atom is -0.379 e. The molecule has 1 N–H and O–H groups in total. The third-order valence-corrected chi connectivity index (χ3v) is 6.26. The zero-order valence-electron chi connectivity index (χ0n) is 14.6. The molecule has 0 amide bonds. The summed E-state index contributed by atoms with van der Waals surface area (Å²) >= 11 is 6.08. The van der Waals surface area contributed by atoms with Gasteiger partial charge in [0, 0.05) is 30.9 Å². The van der Waals surface area contributed by atoms with E-state index >= 15 is 0 Å². The number of pyridine rings is 1. The second-order valence-corrected chi connectivity index (χ2v) is 8.36.